The molecule has 0 spiro atoms. The molecule has 0 amide bonds. The Morgan fingerprint density at radius 2 is 2.13 bits per heavy atom. The second-order valence-corrected chi connectivity index (χ2v) is 3.17. The van der Waals surface area contributed by atoms with Gasteiger partial charge in [0, 0.05) is 25.4 Å². The summed E-state index contributed by atoms with van der Waals surface area (Å²) in [5, 5.41) is 3.66. The highest BCUT2D eigenvalue weighted by molar-refractivity contribution is 5.19. The Hall–Kier alpha value is -2.11. The molecule has 6 nitrogen and oxygen atoms in total. The fourth-order valence-corrected chi connectivity index (χ4v) is 1.20. The molecule has 0 unspecified atom stereocenters. The van der Waals surface area contributed by atoms with E-state index in [0.29, 0.717) is 11.6 Å². The lowest BCUT2D eigenvalue weighted by Gasteiger charge is -2.01. The summed E-state index contributed by atoms with van der Waals surface area (Å²) >= 11 is 0. The highest BCUT2D eigenvalue weighted by Crippen LogP contribution is 2.04. The molecule has 0 bridgehead atoms. The van der Waals surface area contributed by atoms with Gasteiger partial charge in [0.05, 0.1) is 5.69 Å². The van der Waals surface area contributed by atoms with Gasteiger partial charge in [-0.3, -0.25) is 9.36 Å². The SMILES string of the molecule is Cc1cc(-n2ccc(=O)n(C)c2=O)on1. The molecule has 6 heteroatoms. The quantitative estimate of drug-likeness (QED) is 0.651. The topological polar surface area (TPSA) is 70.0 Å². The van der Waals surface area contributed by atoms with Gasteiger partial charge in [0.25, 0.3) is 5.56 Å². The largest absolute Gasteiger partial charge is 0.338 e. The minimum absolute atomic E-state index is 0.299. The summed E-state index contributed by atoms with van der Waals surface area (Å²) < 4.78 is 7.15. The minimum atomic E-state index is -0.460. The number of aryl methyl sites for hydroxylation is 1. The molecule has 15 heavy (non-hydrogen) atoms. The van der Waals surface area contributed by atoms with Gasteiger partial charge in [0.2, 0.25) is 5.88 Å². The summed E-state index contributed by atoms with van der Waals surface area (Å²) in [7, 11) is 1.41. The first-order valence-corrected chi connectivity index (χ1v) is 4.32. The third-order valence-corrected chi connectivity index (χ3v) is 2.04. The van der Waals surface area contributed by atoms with Crippen LogP contribution in [0.3, 0.4) is 0 Å². The average molecular weight is 207 g/mol. The second-order valence-electron chi connectivity index (χ2n) is 3.17. The maximum absolute atomic E-state index is 11.6. The van der Waals surface area contributed by atoms with Crippen molar-refractivity contribution in [2.75, 3.05) is 0 Å². The van der Waals surface area contributed by atoms with E-state index in [4.69, 9.17) is 4.52 Å². The third-order valence-electron chi connectivity index (χ3n) is 2.04. The Kier molecular flexibility index (Phi) is 2.03. The van der Waals surface area contributed by atoms with Crippen LogP contribution in [0.4, 0.5) is 0 Å². The number of aromatic nitrogens is 3. The molecule has 0 aliphatic heterocycles. The lowest BCUT2D eigenvalue weighted by molar-refractivity contribution is 0.396. The predicted octanol–water partition coefficient (Wildman–Crippen LogP) is -0.167. The van der Waals surface area contributed by atoms with Crippen molar-refractivity contribution in [3.05, 3.63) is 44.9 Å². The first-order chi connectivity index (χ1) is 7.09. The Morgan fingerprint density at radius 1 is 1.40 bits per heavy atom. The van der Waals surface area contributed by atoms with Gasteiger partial charge >= 0.3 is 5.69 Å². The molecule has 2 aromatic rings. The van der Waals surface area contributed by atoms with Crippen LogP contribution in [0.2, 0.25) is 0 Å². The van der Waals surface area contributed by atoms with Gasteiger partial charge in [0.1, 0.15) is 0 Å². The van der Waals surface area contributed by atoms with Crippen LogP contribution in [-0.4, -0.2) is 14.3 Å². The summed E-state index contributed by atoms with van der Waals surface area (Å²) in [5.41, 5.74) is -0.142. The fourth-order valence-electron chi connectivity index (χ4n) is 1.20. The summed E-state index contributed by atoms with van der Waals surface area (Å²) in [5.74, 6) is 0.299. The number of hydrogen-bond donors (Lipinski definition) is 0. The van der Waals surface area contributed by atoms with Crippen LogP contribution < -0.4 is 11.2 Å². The van der Waals surface area contributed by atoms with E-state index in [9.17, 15) is 9.59 Å². The van der Waals surface area contributed by atoms with Gasteiger partial charge in [-0.2, -0.15) is 0 Å². The van der Waals surface area contributed by atoms with Crippen molar-refractivity contribution >= 4 is 0 Å². The zero-order valence-corrected chi connectivity index (χ0v) is 8.30. The van der Waals surface area contributed by atoms with Crippen LogP contribution >= 0.6 is 0 Å². The standard InChI is InChI=1S/C9H9N3O3/c1-6-5-8(15-10-6)12-4-3-7(13)11(2)9(12)14/h3-5H,1-2H3. The first-order valence-electron chi connectivity index (χ1n) is 4.32. The Balaban J connectivity index is 2.70. The summed E-state index contributed by atoms with van der Waals surface area (Å²) in [6.45, 7) is 1.75. The molecule has 2 heterocycles. The maximum atomic E-state index is 11.6. The van der Waals surface area contributed by atoms with Crippen molar-refractivity contribution in [1.29, 1.82) is 0 Å². The van der Waals surface area contributed by atoms with Crippen molar-refractivity contribution < 1.29 is 4.52 Å². The van der Waals surface area contributed by atoms with Crippen LogP contribution in [0.1, 0.15) is 5.69 Å². The van der Waals surface area contributed by atoms with E-state index >= 15 is 0 Å². The first kappa shape index (κ1) is 9.45. The fraction of sp³-hybridized carbons (Fsp3) is 0.222. The van der Waals surface area contributed by atoms with Gasteiger partial charge < -0.3 is 4.52 Å². The second kappa shape index (κ2) is 3.23. The van der Waals surface area contributed by atoms with Crippen molar-refractivity contribution in [2.45, 2.75) is 6.92 Å². The molecule has 0 aromatic carbocycles. The van der Waals surface area contributed by atoms with E-state index in [-0.39, 0.29) is 5.56 Å². The molecular formula is C9H9N3O3. The van der Waals surface area contributed by atoms with Crippen molar-refractivity contribution in [1.82, 2.24) is 14.3 Å². The summed E-state index contributed by atoms with van der Waals surface area (Å²) in [4.78, 5) is 22.8. The average Bonchev–Trinajstić information content (AvgIpc) is 2.61. The lowest BCUT2D eigenvalue weighted by Crippen LogP contribution is -2.35. The number of hydrogen-bond acceptors (Lipinski definition) is 4. The Morgan fingerprint density at radius 3 is 2.73 bits per heavy atom. The van der Waals surface area contributed by atoms with E-state index in [2.05, 4.69) is 5.16 Å². The molecule has 2 rings (SSSR count). The summed E-state index contributed by atoms with van der Waals surface area (Å²) in [6.07, 6.45) is 1.37. The molecule has 78 valence electrons. The predicted molar refractivity (Wildman–Crippen MR) is 52.1 cm³/mol. The highest BCUT2D eigenvalue weighted by Gasteiger charge is 2.07. The van der Waals surface area contributed by atoms with Gasteiger partial charge in [-0.15, -0.1) is 0 Å². The van der Waals surface area contributed by atoms with E-state index in [1.165, 1.54) is 23.9 Å². The maximum Gasteiger partial charge on any atom is 0.337 e. The molecular weight excluding hydrogens is 198 g/mol. The minimum Gasteiger partial charge on any atom is -0.338 e. The monoisotopic (exact) mass is 207 g/mol. The summed E-state index contributed by atoms with van der Waals surface area (Å²) in [6, 6.07) is 2.91. The van der Waals surface area contributed by atoms with E-state index in [1.807, 2.05) is 0 Å². The number of nitrogens with zero attached hydrogens (tertiary/aromatic N) is 3. The smallest absolute Gasteiger partial charge is 0.337 e. The van der Waals surface area contributed by atoms with E-state index in [0.717, 1.165) is 4.57 Å². The van der Waals surface area contributed by atoms with Crippen LogP contribution in [0.5, 0.6) is 0 Å². The molecule has 2 aromatic heterocycles. The Labute approximate surface area is 84.4 Å². The highest BCUT2D eigenvalue weighted by atomic mass is 16.5. The van der Waals surface area contributed by atoms with Gasteiger partial charge in [-0.1, -0.05) is 5.16 Å². The van der Waals surface area contributed by atoms with Crippen molar-refractivity contribution in [3.63, 3.8) is 0 Å². The zero-order valence-electron chi connectivity index (χ0n) is 8.30. The van der Waals surface area contributed by atoms with Crippen molar-refractivity contribution in [2.24, 2.45) is 7.05 Å². The third kappa shape index (κ3) is 1.50. The van der Waals surface area contributed by atoms with Gasteiger partial charge in [-0.05, 0) is 6.92 Å². The van der Waals surface area contributed by atoms with Crippen LogP contribution in [0, 0.1) is 6.92 Å². The van der Waals surface area contributed by atoms with Gasteiger partial charge in [0.15, 0.2) is 0 Å². The molecule has 0 radical (unpaired) electrons. The van der Waals surface area contributed by atoms with Gasteiger partial charge in [-0.25, -0.2) is 9.36 Å². The van der Waals surface area contributed by atoms with E-state index < -0.39 is 5.69 Å². The van der Waals surface area contributed by atoms with Crippen LogP contribution in [-0.2, 0) is 7.05 Å². The molecule has 0 N–H and O–H groups in total. The Bertz CT molecular complexity index is 606. The van der Waals surface area contributed by atoms with E-state index in [1.54, 1.807) is 13.0 Å². The normalized spacial score (nSPS) is 10.5. The number of rotatable bonds is 1. The molecule has 0 fully saturated rings. The van der Waals surface area contributed by atoms with Crippen LogP contribution in [0.15, 0.2) is 32.4 Å². The molecule has 0 aliphatic carbocycles. The molecule has 0 aliphatic rings. The lowest BCUT2D eigenvalue weighted by atomic mass is 10.5. The molecule has 0 saturated carbocycles. The zero-order chi connectivity index (χ0) is 11.0. The molecule has 0 atom stereocenters. The van der Waals surface area contributed by atoms with Crippen molar-refractivity contribution in [3.8, 4) is 5.88 Å². The van der Waals surface area contributed by atoms with Crippen LogP contribution in [0.25, 0.3) is 5.88 Å². The molecule has 0 saturated heterocycles.